The second-order valence-corrected chi connectivity index (χ2v) is 15.2. The topological polar surface area (TPSA) is 250 Å². The Hall–Kier alpha value is -2.61. The largest absolute Gasteiger partial charge is 0.394 e. The number of aromatic amines is 1. The van der Waals surface area contributed by atoms with Crippen molar-refractivity contribution in [1.82, 2.24) is 39.1 Å². The van der Waals surface area contributed by atoms with Crippen LogP contribution in [0.5, 0.6) is 0 Å². The number of alkyl halides is 1. The summed E-state index contributed by atoms with van der Waals surface area (Å²) in [4.78, 5) is 30.7. The van der Waals surface area contributed by atoms with Crippen LogP contribution in [-0.2, 0) is 27.7 Å². The number of nitrogens with two attached hydrogens (primary N) is 2. The minimum absolute atomic E-state index is 0.0674. The Morgan fingerprint density at radius 1 is 1.26 bits per heavy atom. The fourth-order valence-electron chi connectivity index (χ4n) is 5.20. The summed E-state index contributed by atoms with van der Waals surface area (Å²) >= 11 is 8.11. The van der Waals surface area contributed by atoms with Crippen LogP contribution in [0.4, 0.5) is 16.2 Å². The summed E-state index contributed by atoms with van der Waals surface area (Å²) in [6, 6.07) is 0. The lowest BCUT2D eigenvalue weighted by molar-refractivity contribution is -0.0326. The third-order valence-electron chi connectivity index (χ3n) is 7.13. The van der Waals surface area contributed by atoms with Crippen molar-refractivity contribution in [3.63, 3.8) is 0 Å². The number of nitrogens with one attached hydrogen (secondary N) is 1. The zero-order valence-electron chi connectivity index (χ0n) is 21.7. The molecule has 0 amide bonds. The molecule has 9 atom stereocenters. The highest BCUT2D eigenvalue weighted by molar-refractivity contribution is 8.46. The summed E-state index contributed by atoms with van der Waals surface area (Å²) in [5.41, 5.74) is 9.89. The summed E-state index contributed by atoms with van der Waals surface area (Å²) in [6.07, 6.45) is -3.28. The van der Waals surface area contributed by atoms with Crippen molar-refractivity contribution < 1.29 is 37.1 Å². The fraction of sp³-hybridized carbons (Fsp3) is 0.500. The molecule has 0 spiro atoms. The normalized spacial score (nSPS) is 29.8. The van der Waals surface area contributed by atoms with E-state index in [-0.39, 0.29) is 29.4 Å². The smallest absolute Gasteiger partial charge is 0.280 e. The predicted molar refractivity (Wildman–Crippen MR) is 155 cm³/mol. The van der Waals surface area contributed by atoms with E-state index in [4.69, 9.17) is 30.0 Å². The number of hydrogen-bond donors (Lipinski definition) is 6. The monoisotopic (exact) mass is 678 g/mol. The van der Waals surface area contributed by atoms with Gasteiger partial charge in [-0.05, 0) is 0 Å². The molecule has 6 rings (SSSR count). The number of imidazole rings is 2. The summed E-state index contributed by atoms with van der Waals surface area (Å²) in [5, 5.41) is 13.9. The predicted octanol–water partition coefficient (Wildman–Crippen LogP) is 0.692. The number of aliphatic hydroxyl groups excluding tert-OH is 1. The van der Waals surface area contributed by atoms with Gasteiger partial charge in [-0.15, -0.1) is 0 Å². The Morgan fingerprint density at radius 2 is 2.05 bits per heavy atom. The number of aromatic nitrogens is 8. The van der Waals surface area contributed by atoms with Crippen molar-refractivity contribution in [2.45, 2.75) is 48.9 Å². The zero-order chi connectivity index (χ0) is 30.6. The van der Waals surface area contributed by atoms with E-state index in [1.165, 1.54) is 21.6 Å². The Labute approximate surface area is 251 Å². The summed E-state index contributed by atoms with van der Waals surface area (Å²) in [5.74, 6) is -0.0935. The molecule has 2 aliphatic heterocycles. The third kappa shape index (κ3) is 5.57. The van der Waals surface area contributed by atoms with Gasteiger partial charge >= 0.3 is 0 Å². The number of H-pyrrole nitrogens is 1. The van der Waals surface area contributed by atoms with Crippen LogP contribution < -0.4 is 17.0 Å². The second-order valence-electron chi connectivity index (χ2n) is 9.70. The standard InChI is InChI=1S/C20H25FN10O8P2S2/c21-12-10(3-32)38-19(30-6-26-13-16(30)28-20(23)29-18(13)33)14(12)41(35,43)36-4-11-9(39-40(34)42)1-8(37-11)7-2-24-17-15(22)25-5-27-31(7)17/h2,5-6,8-12,14,19,32,40H,1,3-4H2,(H,34,42)(H,35,43)(H2,22,25,27)(H3,23,28,29,33)/t8-,9+,10-,11-,12-,14-,19-,41?/m1/s1. The average molecular weight is 679 g/mol. The molecule has 2 aliphatic rings. The van der Waals surface area contributed by atoms with Crippen molar-refractivity contribution in [3.8, 4) is 0 Å². The molecule has 43 heavy (non-hydrogen) atoms. The zero-order valence-corrected chi connectivity index (χ0v) is 25.4. The van der Waals surface area contributed by atoms with Gasteiger partial charge in [-0.1, -0.05) is 24.5 Å². The van der Waals surface area contributed by atoms with Gasteiger partial charge in [0.2, 0.25) is 13.2 Å². The molecule has 2 saturated heterocycles. The number of anilines is 2. The van der Waals surface area contributed by atoms with Crippen molar-refractivity contribution in [2.24, 2.45) is 0 Å². The summed E-state index contributed by atoms with van der Waals surface area (Å²) in [6.45, 7) is -5.46. The number of halogens is 1. The molecule has 6 N–H and O–H groups in total. The maximum absolute atomic E-state index is 15.7. The molecule has 0 aliphatic carbocycles. The van der Waals surface area contributed by atoms with Gasteiger partial charge in [0.05, 0.1) is 37.5 Å². The van der Waals surface area contributed by atoms with Crippen molar-refractivity contribution >= 4 is 66.9 Å². The molecular weight excluding hydrogens is 653 g/mol. The van der Waals surface area contributed by atoms with Gasteiger partial charge in [-0.25, -0.2) is 23.9 Å². The van der Waals surface area contributed by atoms with E-state index in [0.717, 1.165) is 6.33 Å². The molecule has 0 radical (unpaired) electrons. The summed E-state index contributed by atoms with van der Waals surface area (Å²) in [7, 11) is -2.75. The van der Waals surface area contributed by atoms with Crippen LogP contribution in [0.1, 0.15) is 24.4 Å². The van der Waals surface area contributed by atoms with E-state index < -0.39 is 75.0 Å². The van der Waals surface area contributed by atoms with Gasteiger partial charge in [0.15, 0.2) is 28.9 Å². The van der Waals surface area contributed by atoms with Crippen LogP contribution in [0.15, 0.2) is 23.6 Å². The minimum Gasteiger partial charge on any atom is -0.394 e. The van der Waals surface area contributed by atoms with E-state index >= 15 is 4.39 Å². The van der Waals surface area contributed by atoms with Gasteiger partial charge < -0.3 is 35.1 Å². The van der Waals surface area contributed by atoms with Gasteiger partial charge in [-0.2, -0.15) is 10.1 Å². The lowest BCUT2D eigenvalue weighted by Crippen LogP contribution is -2.32. The van der Waals surface area contributed by atoms with E-state index in [1.807, 2.05) is 0 Å². The molecule has 6 heterocycles. The first-order valence-electron chi connectivity index (χ1n) is 12.6. The second kappa shape index (κ2) is 11.7. The maximum atomic E-state index is 15.7. The Bertz CT molecular complexity index is 1810. The fourth-order valence-corrected chi connectivity index (χ4v) is 8.66. The van der Waals surface area contributed by atoms with Crippen LogP contribution in [0.25, 0.3) is 16.8 Å². The highest BCUT2D eigenvalue weighted by Gasteiger charge is 2.55. The number of fused-ring (bicyclic) bond motifs is 2. The molecule has 18 nitrogen and oxygen atoms in total. The Morgan fingerprint density at radius 3 is 2.79 bits per heavy atom. The van der Waals surface area contributed by atoms with E-state index in [0.29, 0.717) is 11.3 Å². The number of hydrogen-bond acceptors (Lipinski definition) is 15. The van der Waals surface area contributed by atoms with E-state index in [2.05, 4.69) is 54.5 Å². The molecule has 23 heteroatoms. The van der Waals surface area contributed by atoms with E-state index in [1.54, 1.807) is 0 Å². The first-order chi connectivity index (χ1) is 20.5. The maximum Gasteiger partial charge on any atom is 0.280 e. The third-order valence-corrected chi connectivity index (χ3v) is 10.9. The van der Waals surface area contributed by atoms with Crippen molar-refractivity contribution in [3.05, 3.63) is 34.9 Å². The van der Waals surface area contributed by atoms with Crippen LogP contribution in [0.3, 0.4) is 0 Å². The lowest BCUT2D eigenvalue weighted by Gasteiger charge is -2.27. The highest BCUT2D eigenvalue weighted by atomic mass is 32.7. The van der Waals surface area contributed by atoms with E-state index in [9.17, 15) is 19.0 Å². The Balaban J connectivity index is 1.26. The van der Waals surface area contributed by atoms with Gasteiger partial charge in [0, 0.05) is 6.42 Å². The SMILES string of the molecule is Nc1nc2c(ncn2[C@@H]2O[C@H](CO)[C@@H](F)[C@H]2P(=O)(S)OC[C@H]2O[C@@H](c3cnc4c(N)ncnn34)C[C@@H]2O[PH](=O)S)c(=O)[nH]1. The molecule has 4 aromatic heterocycles. The summed E-state index contributed by atoms with van der Waals surface area (Å²) < 4.78 is 67.1. The molecule has 0 aromatic carbocycles. The molecule has 2 fully saturated rings. The number of thiol groups is 2. The highest BCUT2D eigenvalue weighted by Crippen LogP contribution is 2.64. The van der Waals surface area contributed by atoms with Crippen LogP contribution in [-0.4, -0.2) is 87.6 Å². The van der Waals surface area contributed by atoms with Gasteiger partial charge in [0.1, 0.15) is 36.5 Å². The molecule has 232 valence electrons. The van der Waals surface area contributed by atoms with Crippen LogP contribution >= 0.6 is 38.3 Å². The molecule has 0 saturated carbocycles. The van der Waals surface area contributed by atoms with Crippen molar-refractivity contribution in [1.29, 1.82) is 0 Å². The van der Waals surface area contributed by atoms with Gasteiger partial charge in [0.25, 0.3) is 12.1 Å². The molecule has 0 bridgehead atoms. The lowest BCUT2D eigenvalue weighted by atomic mass is 10.1. The number of aliphatic hydroxyl groups is 1. The molecule has 4 aromatic rings. The van der Waals surface area contributed by atoms with Gasteiger partial charge in [-0.3, -0.25) is 23.5 Å². The number of nitrogen functional groups attached to an aromatic ring is 2. The molecule has 2 unspecified atom stereocenters. The number of ether oxygens (including phenoxy) is 2. The first kappa shape index (κ1) is 30.4. The van der Waals surface area contributed by atoms with Crippen LogP contribution in [0.2, 0.25) is 0 Å². The quantitative estimate of drug-likeness (QED) is 0.105. The van der Waals surface area contributed by atoms with Crippen molar-refractivity contribution in [2.75, 3.05) is 24.7 Å². The number of nitrogens with zero attached hydrogens (tertiary/aromatic N) is 7. The van der Waals surface area contributed by atoms with Crippen LogP contribution in [0, 0.1) is 0 Å². The molecular formula is C20H25FN10O8P2S2. The minimum atomic E-state index is -4.27. The first-order valence-corrected chi connectivity index (χ1v) is 18.0. The number of rotatable bonds is 9. The average Bonchev–Trinajstić information content (AvgIpc) is 3.71. The Kier molecular flexibility index (Phi) is 8.29.